The number of carbonyl (C=O) groups excluding carboxylic acids is 4. The molecule has 6 rings (SSSR count). The molecular formula is C39H47N5O10S. The van der Waals surface area contributed by atoms with E-state index in [9.17, 15) is 32.7 Å². The van der Waals surface area contributed by atoms with Crippen molar-refractivity contribution >= 4 is 44.6 Å². The van der Waals surface area contributed by atoms with Gasteiger partial charge >= 0.3 is 5.97 Å². The number of ether oxygens (including phenoxy) is 3. The van der Waals surface area contributed by atoms with Crippen LogP contribution in [0.25, 0.3) is 22.2 Å². The molecule has 5 atom stereocenters. The molecule has 2 aliphatic heterocycles. The summed E-state index contributed by atoms with van der Waals surface area (Å²) in [6.07, 6.45) is 3.07. The molecule has 15 nitrogen and oxygen atoms in total. The summed E-state index contributed by atoms with van der Waals surface area (Å²) in [5.41, 5.74) is 0.309. The molecule has 1 saturated carbocycles. The fraction of sp³-hybridized carbons (Fsp3) is 0.462. The van der Waals surface area contributed by atoms with Crippen molar-refractivity contribution in [2.75, 3.05) is 20.8 Å². The Balaban J connectivity index is 1.37. The van der Waals surface area contributed by atoms with Gasteiger partial charge in [0.15, 0.2) is 0 Å². The number of allylic oxidation sites excluding steroid dienone is 1. The van der Waals surface area contributed by atoms with Gasteiger partial charge in [0, 0.05) is 29.5 Å². The van der Waals surface area contributed by atoms with E-state index in [2.05, 4.69) is 15.4 Å². The lowest BCUT2D eigenvalue weighted by Crippen LogP contribution is -2.62. The van der Waals surface area contributed by atoms with E-state index in [1.807, 2.05) is 36.4 Å². The number of aromatic nitrogens is 1. The van der Waals surface area contributed by atoms with Gasteiger partial charge in [-0.25, -0.2) is 13.4 Å². The number of fused-ring (bicyclic) bond motifs is 2. The first-order valence-electron chi connectivity index (χ1n) is 18.4. The van der Waals surface area contributed by atoms with Gasteiger partial charge < -0.3 is 29.5 Å². The number of carbonyl (C=O) groups is 4. The fourth-order valence-corrected chi connectivity index (χ4v) is 8.23. The Labute approximate surface area is 319 Å². The minimum Gasteiger partial charge on any atom is -0.497 e. The van der Waals surface area contributed by atoms with Gasteiger partial charge in [-0.2, -0.15) is 0 Å². The molecular weight excluding hydrogens is 731 g/mol. The zero-order valence-corrected chi connectivity index (χ0v) is 31.8. The van der Waals surface area contributed by atoms with Crippen molar-refractivity contribution in [1.82, 2.24) is 25.2 Å². The minimum absolute atomic E-state index is 0.0282. The van der Waals surface area contributed by atoms with Gasteiger partial charge in [-0.1, -0.05) is 42.5 Å². The number of sulfonamides is 1. The predicted molar refractivity (Wildman–Crippen MR) is 202 cm³/mol. The molecule has 4 N–H and O–H groups in total. The molecule has 2 aromatic carbocycles. The second-order valence-electron chi connectivity index (χ2n) is 14.4. The Morgan fingerprint density at radius 2 is 1.82 bits per heavy atom. The predicted octanol–water partition coefficient (Wildman–Crippen LogP) is 2.71. The SMILES string of the molecule is COC(=O)CC1NC(O)CCCC=CCC(C)(C(=O)NS(=O)(=O)C2CC2)NC(=O)C2CC(Oc3cc(-c4ccccc4)nc4cc(OC)ccc34)CN2C1=O. The van der Waals surface area contributed by atoms with Crippen LogP contribution < -0.4 is 24.8 Å². The highest BCUT2D eigenvalue weighted by Crippen LogP contribution is 2.35. The third-order valence-electron chi connectivity index (χ3n) is 10.1. The number of amides is 3. The normalized spacial score (nSPS) is 25.3. The molecule has 1 aromatic heterocycles. The highest BCUT2D eigenvalue weighted by molar-refractivity contribution is 7.91. The Kier molecular flexibility index (Phi) is 12.1. The van der Waals surface area contributed by atoms with Crippen LogP contribution in [0.4, 0.5) is 0 Å². The summed E-state index contributed by atoms with van der Waals surface area (Å²) in [6, 6.07) is 14.1. The van der Waals surface area contributed by atoms with E-state index in [-0.39, 0.29) is 25.8 Å². The van der Waals surface area contributed by atoms with Crippen molar-refractivity contribution < 1.29 is 46.9 Å². The molecule has 0 bridgehead atoms. The monoisotopic (exact) mass is 777 g/mol. The third kappa shape index (κ3) is 9.43. The molecule has 2 fully saturated rings. The van der Waals surface area contributed by atoms with E-state index in [4.69, 9.17) is 19.2 Å². The van der Waals surface area contributed by atoms with Gasteiger partial charge in [0.25, 0.3) is 5.91 Å². The van der Waals surface area contributed by atoms with E-state index in [1.165, 1.54) is 18.9 Å². The van der Waals surface area contributed by atoms with Gasteiger partial charge in [-0.05, 0) is 57.6 Å². The van der Waals surface area contributed by atoms with E-state index in [0.29, 0.717) is 53.8 Å². The maximum absolute atomic E-state index is 14.4. The standard InChI is InChI=1S/C39H47N5O10S/c1-39(38(49)43-55(50,51)27-15-16-27)18-10-5-4-9-13-34(45)41-31(22-35(46)53-3)37(48)44-23-26(20-32(44)36(47)42-39)54-33-21-29(24-11-7-6-8-12-24)40-30-19-25(52-2)14-17-28(30)33/h5-8,10-12,14,17,19,21,26-27,31-32,34,41,45H,4,9,13,15-16,18,20,22-23H2,1-3H3,(H,42,47)(H,43,49). The van der Waals surface area contributed by atoms with Crippen molar-refractivity contribution in [3.63, 3.8) is 0 Å². The van der Waals surface area contributed by atoms with E-state index < -0.39 is 75.3 Å². The molecule has 294 valence electrons. The average Bonchev–Trinajstić information content (AvgIpc) is 3.96. The number of rotatable bonds is 9. The van der Waals surface area contributed by atoms with Crippen LogP contribution in [0.5, 0.6) is 11.5 Å². The van der Waals surface area contributed by atoms with Crippen molar-refractivity contribution in [1.29, 1.82) is 0 Å². The van der Waals surface area contributed by atoms with Crippen molar-refractivity contribution in [2.45, 2.75) is 93.5 Å². The number of esters is 1. The fourth-order valence-electron chi connectivity index (χ4n) is 6.82. The maximum Gasteiger partial charge on any atom is 0.307 e. The Bertz CT molecular complexity index is 2060. The first kappa shape index (κ1) is 39.6. The van der Waals surface area contributed by atoms with Crippen molar-refractivity contribution in [3.8, 4) is 22.8 Å². The van der Waals surface area contributed by atoms with Crippen molar-refractivity contribution in [2.24, 2.45) is 0 Å². The summed E-state index contributed by atoms with van der Waals surface area (Å²) in [4.78, 5) is 61.1. The number of hydrogen-bond donors (Lipinski definition) is 4. The highest BCUT2D eigenvalue weighted by atomic mass is 32.2. The molecule has 16 heteroatoms. The summed E-state index contributed by atoms with van der Waals surface area (Å²) in [6.45, 7) is 1.33. The lowest BCUT2D eigenvalue weighted by molar-refractivity contribution is -0.147. The van der Waals surface area contributed by atoms with E-state index >= 15 is 0 Å². The number of nitrogens with one attached hydrogen (secondary N) is 3. The van der Waals surface area contributed by atoms with Gasteiger partial charge in [-0.15, -0.1) is 0 Å². The largest absolute Gasteiger partial charge is 0.497 e. The number of aliphatic hydroxyl groups excluding tert-OH is 1. The van der Waals surface area contributed by atoms with Crippen LogP contribution in [-0.2, 0) is 33.9 Å². The molecule has 5 unspecified atom stereocenters. The van der Waals surface area contributed by atoms with E-state index in [0.717, 1.165) is 5.56 Å². The highest BCUT2D eigenvalue weighted by Gasteiger charge is 2.47. The molecule has 55 heavy (non-hydrogen) atoms. The lowest BCUT2D eigenvalue weighted by atomic mass is 9.95. The molecule has 3 aliphatic rings. The number of nitrogens with zero attached hydrogens (tertiary/aromatic N) is 2. The summed E-state index contributed by atoms with van der Waals surface area (Å²) >= 11 is 0. The lowest BCUT2D eigenvalue weighted by Gasteiger charge is -2.33. The van der Waals surface area contributed by atoms with Crippen LogP contribution in [0.2, 0.25) is 0 Å². The maximum atomic E-state index is 14.4. The third-order valence-corrected chi connectivity index (χ3v) is 11.9. The first-order valence-corrected chi connectivity index (χ1v) is 19.9. The number of pyridine rings is 1. The summed E-state index contributed by atoms with van der Waals surface area (Å²) in [7, 11) is -1.21. The number of methoxy groups -OCH3 is 2. The molecule has 0 radical (unpaired) electrons. The van der Waals surface area contributed by atoms with Crippen LogP contribution in [0.1, 0.15) is 58.3 Å². The zero-order chi connectivity index (χ0) is 39.3. The average molecular weight is 778 g/mol. The molecule has 1 aliphatic carbocycles. The van der Waals surface area contributed by atoms with Crippen LogP contribution in [0, 0.1) is 0 Å². The minimum atomic E-state index is -3.95. The van der Waals surface area contributed by atoms with Crippen LogP contribution in [0.3, 0.4) is 0 Å². The molecule has 3 aromatic rings. The summed E-state index contributed by atoms with van der Waals surface area (Å²) in [5.74, 6) is -1.98. The van der Waals surface area contributed by atoms with Gasteiger partial charge in [0.05, 0.1) is 49.7 Å². The summed E-state index contributed by atoms with van der Waals surface area (Å²) in [5, 5.41) is 16.5. The number of benzene rings is 2. The molecule has 0 spiro atoms. The topological polar surface area (TPSA) is 203 Å². The Morgan fingerprint density at radius 1 is 1.05 bits per heavy atom. The van der Waals surface area contributed by atoms with Gasteiger partial charge in [0.1, 0.15) is 35.4 Å². The quantitative estimate of drug-likeness (QED) is 0.183. The zero-order valence-electron chi connectivity index (χ0n) is 31.0. The van der Waals surface area contributed by atoms with Gasteiger partial charge in [-0.3, -0.25) is 29.2 Å². The van der Waals surface area contributed by atoms with Crippen LogP contribution >= 0.6 is 0 Å². The second kappa shape index (κ2) is 16.8. The van der Waals surface area contributed by atoms with Crippen molar-refractivity contribution in [3.05, 3.63) is 66.7 Å². The van der Waals surface area contributed by atoms with E-state index in [1.54, 1.807) is 37.5 Å². The Morgan fingerprint density at radius 3 is 2.53 bits per heavy atom. The summed E-state index contributed by atoms with van der Waals surface area (Å²) < 4.78 is 44.7. The smallest absolute Gasteiger partial charge is 0.307 e. The number of aliphatic hydroxyl groups is 1. The molecule has 3 heterocycles. The second-order valence-corrected chi connectivity index (χ2v) is 16.3. The van der Waals surface area contributed by atoms with Crippen LogP contribution in [-0.4, -0.2) is 103 Å². The van der Waals surface area contributed by atoms with Gasteiger partial charge in [0.2, 0.25) is 21.8 Å². The van der Waals surface area contributed by atoms with Crippen LogP contribution in [0.15, 0.2) is 66.7 Å². The first-order chi connectivity index (χ1) is 26.3. The molecule has 1 saturated heterocycles. The Hall–Kier alpha value is -5.06. The number of hydrogen-bond acceptors (Lipinski definition) is 12. The molecule has 3 amide bonds.